The molecule has 9 heteroatoms. The minimum Gasteiger partial charge on any atom is -0.490 e. The molecule has 144 valence electrons. The van der Waals surface area contributed by atoms with Gasteiger partial charge in [-0.05, 0) is 32.0 Å². The van der Waals surface area contributed by atoms with E-state index in [1.165, 1.54) is 11.3 Å². The number of thiazole rings is 1. The normalized spacial score (nSPS) is 10.1. The number of hydrogen-bond acceptors (Lipinski definition) is 8. The van der Waals surface area contributed by atoms with Crippen molar-refractivity contribution in [2.24, 2.45) is 0 Å². The van der Waals surface area contributed by atoms with Crippen molar-refractivity contribution in [1.82, 2.24) is 4.98 Å². The zero-order valence-corrected chi connectivity index (χ0v) is 15.8. The van der Waals surface area contributed by atoms with Crippen molar-refractivity contribution in [3.05, 3.63) is 34.8 Å². The van der Waals surface area contributed by atoms with Crippen molar-refractivity contribution in [2.45, 2.75) is 20.3 Å². The first-order chi connectivity index (χ1) is 13.0. The lowest BCUT2D eigenvalue weighted by Gasteiger charge is -2.11. The predicted molar refractivity (Wildman–Crippen MR) is 99.6 cm³/mol. The van der Waals surface area contributed by atoms with E-state index in [4.69, 9.17) is 14.2 Å². The number of nitrogens with one attached hydrogen (secondary N) is 1. The van der Waals surface area contributed by atoms with Gasteiger partial charge in [-0.15, -0.1) is 11.3 Å². The van der Waals surface area contributed by atoms with E-state index in [-0.39, 0.29) is 19.0 Å². The molecular formula is C18H20N2O6S. The highest BCUT2D eigenvalue weighted by molar-refractivity contribution is 7.13. The lowest BCUT2D eigenvalue weighted by Crippen LogP contribution is -2.20. The quantitative estimate of drug-likeness (QED) is 0.489. The first-order valence-electron chi connectivity index (χ1n) is 8.30. The van der Waals surface area contributed by atoms with Crippen molar-refractivity contribution in [3.63, 3.8) is 0 Å². The van der Waals surface area contributed by atoms with Crippen LogP contribution in [-0.4, -0.2) is 43.0 Å². The standard InChI is InChI=1S/C18H20N2O6S/c1-3-24-15-7-12(9-21)5-6-14(15)26-10-16(22)20-18-19-13(11-27-18)8-17(23)25-4-2/h5-7,9,11H,3-4,8,10H2,1-2H3,(H,19,20,22). The summed E-state index contributed by atoms with van der Waals surface area (Å²) in [6.07, 6.45) is 0.757. The third-order valence-electron chi connectivity index (χ3n) is 3.19. The van der Waals surface area contributed by atoms with Crippen LogP contribution in [0.2, 0.25) is 0 Å². The molecule has 2 aromatic rings. The summed E-state index contributed by atoms with van der Waals surface area (Å²) in [6.45, 7) is 3.98. The zero-order valence-electron chi connectivity index (χ0n) is 15.0. The molecule has 0 saturated carbocycles. The van der Waals surface area contributed by atoms with Crippen molar-refractivity contribution in [2.75, 3.05) is 25.1 Å². The maximum atomic E-state index is 12.1. The van der Waals surface area contributed by atoms with Gasteiger partial charge in [0.1, 0.15) is 6.29 Å². The third kappa shape index (κ3) is 6.37. The van der Waals surface area contributed by atoms with Crippen LogP contribution in [0.1, 0.15) is 29.9 Å². The Morgan fingerprint density at radius 2 is 2.00 bits per heavy atom. The fourth-order valence-electron chi connectivity index (χ4n) is 2.09. The Morgan fingerprint density at radius 3 is 2.70 bits per heavy atom. The molecule has 27 heavy (non-hydrogen) atoms. The molecule has 0 saturated heterocycles. The van der Waals surface area contributed by atoms with E-state index >= 15 is 0 Å². The highest BCUT2D eigenvalue weighted by Gasteiger charge is 2.12. The maximum absolute atomic E-state index is 12.1. The topological polar surface area (TPSA) is 104 Å². The zero-order chi connectivity index (χ0) is 19.6. The molecule has 0 aliphatic heterocycles. The Labute approximate surface area is 160 Å². The number of ether oxygens (including phenoxy) is 3. The lowest BCUT2D eigenvalue weighted by molar-refractivity contribution is -0.142. The number of carbonyl (C=O) groups is 3. The van der Waals surface area contributed by atoms with Gasteiger partial charge < -0.3 is 14.2 Å². The van der Waals surface area contributed by atoms with E-state index in [0.29, 0.717) is 47.4 Å². The summed E-state index contributed by atoms with van der Waals surface area (Å²) in [5, 5.41) is 4.65. The Kier molecular flexibility index (Phi) is 7.75. The minimum atomic E-state index is -0.408. The molecule has 1 aromatic heterocycles. The van der Waals surface area contributed by atoms with Crippen LogP contribution in [0.3, 0.4) is 0 Å². The molecule has 1 heterocycles. The molecule has 1 N–H and O–H groups in total. The van der Waals surface area contributed by atoms with Crippen molar-refractivity contribution < 1.29 is 28.6 Å². The molecule has 0 aliphatic rings. The van der Waals surface area contributed by atoms with E-state index in [1.807, 2.05) is 0 Å². The number of rotatable bonds is 10. The summed E-state index contributed by atoms with van der Waals surface area (Å²) < 4.78 is 15.8. The Hall–Kier alpha value is -2.94. The molecule has 2 rings (SSSR count). The highest BCUT2D eigenvalue weighted by atomic mass is 32.1. The second kappa shape index (κ2) is 10.3. The van der Waals surface area contributed by atoms with E-state index in [0.717, 1.165) is 0 Å². The van der Waals surface area contributed by atoms with Gasteiger partial charge in [0.2, 0.25) is 0 Å². The molecule has 0 atom stereocenters. The number of benzene rings is 1. The van der Waals surface area contributed by atoms with Crippen LogP contribution in [0.15, 0.2) is 23.6 Å². The van der Waals surface area contributed by atoms with Crippen molar-refractivity contribution >= 4 is 34.6 Å². The Bertz CT molecular complexity index is 805. The Morgan fingerprint density at radius 1 is 1.19 bits per heavy atom. The number of nitrogens with zero attached hydrogens (tertiary/aromatic N) is 1. The number of amides is 1. The number of anilines is 1. The number of carbonyl (C=O) groups excluding carboxylic acids is 3. The van der Waals surface area contributed by atoms with Gasteiger partial charge in [0, 0.05) is 10.9 Å². The third-order valence-corrected chi connectivity index (χ3v) is 4.00. The van der Waals surface area contributed by atoms with Gasteiger partial charge in [0.15, 0.2) is 23.2 Å². The minimum absolute atomic E-state index is 0.0531. The summed E-state index contributed by atoms with van der Waals surface area (Å²) in [4.78, 5) is 38.5. The number of esters is 1. The SMILES string of the molecule is CCOC(=O)Cc1csc(NC(=O)COc2ccc(C=O)cc2OCC)n1. The van der Waals surface area contributed by atoms with Gasteiger partial charge in [-0.1, -0.05) is 0 Å². The van der Waals surface area contributed by atoms with Gasteiger partial charge >= 0.3 is 5.97 Å². The largest absolute Gasteiger partial charge is 0.490 e. The van der Waals surface area contributed by atoms with Crippen molar-refractivity contribution in [3.8, 4) is 11.5 Å². The molecule has 0 radical (unpaired) electrons. The Balaban J connectivity index is 1.90. The summed E-state index contributed by atoms with van der Waals surface area (Å²) in [5.74, 6) is -0.0270. The monoisotopic (exact) mass is 392 g/mol. The van der Waals surface area contributed by atoms with Gasteiger partial charge in [-0.25, -0.2) is 4.98 Å². The average Bonchev–Trinajstić information content (AvgIpc) is 3.07. The average molecular weight is 392 g/mol. The molecule has 0 aliphatic carbocycles. The highest BCUT2D eigenvalue weighted by Crippen LogP contribution is 2.28. The number of hydrogen-bond donors (Lipinski definition) is 1. The van der Waals surface area contributed by atoms with Crippen LogP contribution in [0.25, 0.3) is 0 Å². The van der Waals surface area contributed by atoms with Gasteiger partial charge in [0.25, 0.3) is 5.91 Å². The van der Waals surface area contributed by atoms with E-state index < -0.39 is 5.91 Å². The molecule has 0 unspecified atom stereocenters. The second-order valence-electron chi connectivity index (χ2n) is 5.22. The van der Waals surface area contributed by atoms with E-state index in [1.54, 1.807) is 37.4 Å². The van der Waals surface area contributed by atoms with Crippen molar-refractivity contribution in [1.29, 1.82) is 0 Å². The maximum Gasteiger partial charge on any atom is 0.311 e. The van der Waals surface area contributed by atoms with Crippen LogP contribution in [0.4, 0.5) is 5.13 Å². The van der Waals surface area contributed by atoms with E-state index in [9.17, 15) is 14.4 Å². The van der Waals surface area contributed by atoms with Crippen LogP contribution in [0, 0.1) is 0 Å². The smallest absolute Gasteiger partial charge is 0.311 e. The molecule has 1 aromatic carbocycles. The summed E-state index contributed by atoms with van der Waals surface area (Å²) in [6, 6.07) is 4.69. The van der Waals surface area contributed by atoms with Gasteiger partial charge in [0.05, 0.1) is 25.3 Å². The van der Waals surface area contributed by atoms with Gasteiger partial charge in [-0.2, -0.15) is 0 Å². The molecule has 8 nitrogen and oxygen atoms in total. The molecule has 0 bridgehead atoms. The number of aldehydes is 1. The summed E-state index contributed by atoms with van der Waals surface area (Å²) in [7, 11) is 0. The predicted octanol–water partition coefficient (Wildman–Crippen LogP) is 2.48. The van der Waals surface area contributed by atoms with Crippen LogP contribution in [-0.2, 0) is 20.7 Å². The summed E-state index contributed by atoms with van der Waals surface area (Å²) >= 11 is 1.21. The molecule has 0 spiro atoms. The van der Waals surface area contributed by atoms with Gasteiger partial charge in [-0.3, -0.25) is 19.7 Å². The molecule has 0 fully saturated rings. The lowest BCUT2D eigenvalue weighted by atomic mass is 10.2. The van der Waals surface area contributed by atoms with Crippen LogP contribution >= 0.6 is 11.3 Å². The summed E-state index contributed by atoms with van der Waals surface area (Å²) in [5.41, 5.74) is 0.977. The van der Waals surface area contributed by atoms with Crippen LogP contribution < -0.4 is 14.8 Å². The second-order valence-corrected chi connectivity index (χ2v) is 6.08. The first kappa shape index (κ1) is 20.4. The fraction of sp³-hybridized carbons (Fsp3) is 0.333. The fourth-order valence-corrected chi connectivity index (χ4v) is 2.82. The van der Waals surface area contributed by atoms with E-state index in [2.05, 4.69) is 10.3 Å². The number of aromatic nitrogens is 1. The first-order valence-corrected chi connectivity index (χ1v) is 9.18. The molecular weight excluding hydrogens is 372 g/mol. The van der Waals surface area contributed by atoms with Crippen LogP contribution in [0.5, 0.6) is 11.5 Å². The molecule has 1 amide bonds.